The number of nitrogens with zero attached hydrogens (tertiary/aromatic N) is 3. The summed E-state index contributed by atoms with van der Waals surface area (Å²) >= 11 is 0. The van der Waals surface area contributed by atoms with Crippen LogP contribution in [-0.2, 0) is 5.41 Å². The van der Waals surface area contributed by atoms with Crippen molar-refractivity contribution in [3.8, 4) is 11.5 Å². The maximum Gasteiger partial charge on any atom is 0.158 e. The number of nitrogens with two attached hydrogens (primary N) is 1. The molecule has 0 aliphatic carbocycles. The predicted octanol–water partition coefficient (Wildman–Crippen LogP) is 2.65. The predicted molar refractivity (Wildman–Crippen MR) is 89.0 cm³/mol. The van der Waals surface area contributed by atoms with Crippen molar-refractivity contribution in [1.82, 2.24) is 20.2 Å². The molecule has 0 saturated heterocycles. The summed E-state index contributed by atoms with van der Waals surface area (Å²) in [5.41, 5.74) is 12.1. The van der Waals surface area contributed by atoms with Gasteiger partial charge in [0.15, 0.2) is 5.82 Å². The van der Waals surface area contributed by atoms with Gasteiger partial charge in [-0.1, -0.05) is 13.8 Å². The van der Waals surface area contributed by atoms with Crippen molar-refractivity contribution in [2.24, 2.45) is 0 Å². The molecule has 1 aliphatic rings. The highest BCUT2D eigenvalue weighted by atomic mass is 15.2. The van der Waals surface area contributed by atoms with Gasteiger partial charge in [0.05, 0.1) is 22.9 Å². The summed E-state index contributed by atoms with van der Waals surface area (Å²) in [6, 6.07) is 4.40. The Labute approximate surface area is 128 Å². The number of nitrogen functional groups attached to an aromatic ring is 1. The van der Waals surface area contributed by atoms with Crippen LogP contribution >= 0.6 is 0 Å². The molecule has 2 aromatic heterocycles. The van der Waals surface area contributed by atoms with Gasteiger partial charge < -0.3 is 15.6 Å². The molecule has 6 heteroatoms. The Morgan fingerprint density at radius 1 is 1.36 bits per heavy atom. The van der Waals surface area contributed by atoms with E-state index < -0.39 is 0 Å². The fourth-order valence-electron chi connectivity index (χ4n) is 3.38. The number of H-pyrrole nitrogens is 2. The number of aromatic amines is 2. The van der Waals surface area contributed by atoms with E-state index in [4.69, 9.17) is 5.73 Å². The maximum atomic E-state index is 5.92. The molecule has 0 bridgehead atoms. The van der Waals surface area contributed by atoms with Crippen molar-refractivity contribution < 1.29 is 0 Å². The van der Waals surface area contributed by atoms with E-state index in [1.807, 2.05) is 0 Å². The monoisotopic (exact) mass is 296 g/mol. The summed E-state index contributed by atoms with van der Waals surface area (Å²) in [6.07, 6.45) is 1.60. The minimum Gasteiger partial charge on any atom is -0.396 e. The Bertz CT molecular complexity index is 857. The molecule has 0 atom stereocenters. The lowest BCUT2D eigenvalue weighted by molar-refractivity contribution is 0.555. The van der Waals surface area contributed by atoms with Crippen LogP contribution in [-0.4, -0.2) is 33.3 Å². The van der Waals surface area contributed by atoms with Gasteiger partial charge in [-0.2, -0.15) is 5.10 Å². The lowest BCUT2D eigenvalue weighted by Gasteiger charge is -2.20. The highest BCUT2D eigenvalue weighted by Gasteiger charge is 2.35. The Balaban J connectivity index is 1.91. The molecule has 0 radical (unpaired) electrons. The number of rotatable bonds is 2. The van der Waals surface area contributed by atoms with E-state index in [1.165, 1.54) is 11.3 Å². The summed E-state index contributed by atoms with van der Waals surface area (Å²) in [4.78, 5) is 10.4. The number of benzene rings is 1. The zero-order valence-electron chi connectivity index (χ0n) is 13.1. The number of nitrogens with one attached hydrogen (secondary N) is 2. The summed E-state index contributed by atoms with van der Waals surface area (Å²) in [5.74, 6) is 0.731. The van der Waals surface area contributed by atoms with Crippen LogP contribution in [0.1, 0.15) is 26.3 Å². The quantitative estimate of drug-likeness (QED) is 0.678. The average Bonchev–Trinajstić information content (AvgIpc) is 3.13. The molecule has 6 nitrogen and oxygen atoms in total. The van der Waals surface area contributed by atoms with Crippen molar-refractivity contribution in [2.45, 2.75) is 26.2 Å². The molecule has 4 N–H and O–H groups in total. The number of hydrogen-bond acceptors (Lipinski definition) is 4. The van der Waals surface area contributed by atoms with E-state index in [0.717, 1.165) is 35.6 Å². The molecule has 114 valence electrons. The minimum absolute atomic E-state index is 0.151. The first-order valence-electron chi connectivity index (χ1n) is 7.58. The number of aromatic nitrogens is 4. The Morgan fingerprint density at radius 2 is 2.18 bits per heavy atom. The van der Waals surface area contributed by atoms with E-state index in [2.05, 4.69) is 58.0 Å². The molecule has 0 spiro atoms. The second kappa shape index (κ2) is 4.25. The first kappa shape index (κ1) is 13.2. The van der Waals surface area contributed by atoms with Crippen LogP contribution in [0.5, 0.6) is 0 Å². The van der Waals surface area contributed by atoms with Crippen molar-refractivity contribution in [3.63, 3.8) is 0 Å². The van der Waals surface area contributed by atoms with E-state index in [-0.39, 0.29) is 5.41 Å². The lowest BCUT2D eigenvalue weighted by Crippen LogP contribution is -2.28. The first-order valence-corrected chi connectivity index (χ1v) is 7.58. The zero-order valence-corrected chi connectivity index (χ0v) is 13.1. The van der Waals surface area contributed by atoms with Crippen molar-refractivity contribution >= 4 is 22.4 Å². The standard InChI is InChI=1S/C16H20N6/c1-4-22-8-16(2,3)9-5-11-12(6-13(9)22)20-15(19-11)14-10(17)7-18-21-14/h5-7H,4,8,17H2,1-3H3,(H,18,21)(H,19,20). The molecule has 0 fully saturated rings. The van der Waals surface area contributed by atoms with Gasteiger partial charge in [0.1, 0.15) is 5.69 Å². The van der Waals surface area contributed by atoms with Gasteiger partial charge in [-0.05, 0) is 24.6 Å². The fourth-order valence-corrected chi connectivity index (χ4v) is 3.38. The van der Waals surface area contributed by atoms with E-state index >= 15 is 0 Å². The van der Waals surface area contributed by atoms with Crippen LogP contribution < -0.4 is 10.6 Å². The van der Waals surface area contributed by atoms with Gasteiger partial charge in [-0.15, -0.1) is 0 Å². The number of hydrogen-bond donors (Lipinski definition) is 3. The van der Waals surface area contributed by atoms with Gasteiger partial charge >= 0.3 is 0 Å². The number of fused-ring (bicyclic) bond motifs is 2. The van der Waals surface area contributed by atoms with Crippen LogP contribution in [0, 0.1) is 0 Å². The Kier molecular flexibility index (Phi) is 2.55. The molecule has 3 heterocycles. The van der Waals surface area contributed by atoms with E-state index in [1.54, 1.807) is 6.20 Å². The first-order chi connectivity index (χ1) is 10.5. The van der Waals surface area contributed by atoms with Gasteiger partial charge in [0.2, 0.25) is 0 Å². The summed E-state index contributed by atoms with van der Waals surface area (Å²) in [7, 11) is 0. The van der Waals surface area contributed by atoms with Crippen molar-refractivity contribution in [3.05, 3.63) is 23.9 Å². The molecular weight excluding hydrogens is 276 g/mol. The second-order valence-electron chi connectivity index (χ2n) is 6.57. The summed E-state index contributed by atoms with van der Waals surface area (Å²) in [6.45, 7) is 8.82. The maximum absolute atomic E-state index is 5.92. The smallest absolute Gasteiger partial charge is 0.158 e. The molecule has 0 unspecified atom stereocenters. The van der Waals surface area contributed by atoms with Crippen molar-refractivity contribution in [2.75, 3.05) is 23.7 Å². The number of likely N-dealkylation sites (N-methyl/N-ethyl adjacent to an activating group) is 1. The summed E-state index contributed by atoms with van der Waals surface area (Å²) in [5, 5.41) is 6.86. The third-order valence-corrected chi connectivity index (χ3v) is 4.54. The summed E-state index contributed by atoms with van der Waals surface area (Å²) < 4.78 is 0. The average molecular weight is 296 g/mol. The molecule has 1 aliphatic heterocycles. The molecule has 1 aromatic carbocycles. The van der Waals surface area contributed by atoms with E-state index in [9.17, 15) is 0 Å². The third kappa shape index (κ3) is 1.73. The van der Waals surface area contributed by atoms with Crippen molar-refractivity contribution in [1.29, 1.82) is 0 Å². The minimum atomic E-state index is 0.151. The van der Waals surface area contributed by atoms with E-state index in [0.29, 0.717) is 5.69 Å². The molecule has 22 heavy (non-hydrogen) atoms. The topological polar surface area (TPSA) is 86.6 Å². The third-order valence-electron chi connectivity index (χ3n) is 4.54. The SMILES string of the molecule is CCN1CC(C)(C)c2cc3[nH]c(-c4[nH]ncc4N)nc3cc21. The van der Waals surface area contributed by atoms with Gasteiger partial charge in [-0.25, -0.2) is 4.98 Å². The molecule has 4 rings (SSSR count). The molecule has 0 saturated carbocycles. The fraction of sp³-hybridized carbons (Fsp3) is 0.375. The number of imidazole rings is 1. The van der Waals surface area contributed by atoms with Crippen LogP contribution in [0.25, 0.3) is 22.6 Å². The van der Waals surface area contributed by atoms with Crippen LogP contribution in [0.2, 0.25) is 0 Å². The van der Waals surface area contributed by atoms with Gasteiger partial charge in [0.25, 0.3) is 0 Å². The lowest BCUT2D eigenvalue weighted by atomic mass is 9.87. The van der Waals surface area contributed by atoms with Crippen LogP contribution in [0.3, 0.4) is 0 Å². The van der Waals surface area contributed by atoms with Crippen LogP contribution in [0.15, 0.2) is 18.3 Å². The van der Waals surface area contributed by atoms with Gasteiger partial charge in [0, 0.05) is 24.2 Å². The Morgan fingerprint density at radius 3 is 2.86 bits per heavy atom. The van der Waals surface area contributed by atoms with Crippen LogP contribution in [0.4, 0.5) is 11.4 Å². The van der Waals surface area contributed by atoms with Gasteiger partial charge in [-0.3, -0.25) is 5.10 Å². The zero-order chi connectivity index (χ0) is 15.5. The largest absolute Gasteiger partial charge is 0.396 e. The highest BCUT2D eigenvalue weighted by molar-refractivity contribution is 5.87. The molecular formula is C16H20N6. The Hall–Kier alpha value is -2.50. The molecule has 3 aromatic rings. The highest BCUT2D eigenvalue weighted by Crippen LogP contribution is 2.42. The molecule has 0 amide bonds. The second-order valence-corrected chi connectivity index (χ2v) is 6.57. The number of anilines is 2. The normalized spacial score (nSPS) is 16.4.